The Morgan fingerprint density at radius 3 is 0.375 bits per heavy atom. The quantitative estimate of drug-likeness (QED) is 0.295. The molecular weight excluding hydrogens is 577 g/mol. The van der Waals surface area contributed by atoms with Crippen molar-refractivity contribution in [3.05, 3.63) is 6.92 Å². The second kappa shape index (κ2) is 36.8. The van der Waals surface area contributed by atoms with Crippen molar-refractivity contribution < 1.29 is 0 Å². The van der Waals surface area contributed by atoms with Crippen LogP contribution in [0.5, 0.6) is 0 Å². The number of hydrogen-bond acceptors (Lipinski definition) is 0. The third-order valence-electron chi connectivity index (χ3n) is 2.90. The van der Waals surface area contributed by atoms with E-state index in [-0.39, 0.29) is 0 Å². The zero-order valence-corrected chi connectivity index (χ0v) is 24.7. The van der Waals surface area contributed by atoms with Gasteiger partial charge in [-0.15, -0.1) is 5.92 Å². The maximum absolute atomic E-state index is 3.31. The van der Waals surface area contributed by atoms with Gasteiger partial charge in [0.2, 0.25) is 0 Å². The van der Waals surface area contributed by atoms with Gasteiger partial charge in [0.15, 0.2) is 0 Å². The Balaban J connectivity index is 4.55. The second-order valence-corrected chi connectivity index (χ2v) is 5.93. The van der Waals surface area contributed by atoms with Crippen molar-refractivity contribution in [3.8, 4) is 272 Å². The van der Waals surface area contributed by atoms with Crippen LogP contribution in [-0.4, -0.2) is 0 Å². The van der Waals surface area contributed by atoms with Crippen molar-refractivity contribution in [2.75, 3.05) is 0 Å². The van der Waals surface area contributed by atoms with Crippen molar-refractivity contribution in [2.45, 2.75) is 6.92 Å². The molecule has 0 aliphatic heterocycles. The Kier molecular flexibility index (Phi) is 28.9. The van der Waals surface area contributed by atoms with Crippen LogP contribution in [0.15, 0.2) is 0 Å². The highest BCUT2D eigenvalue weighted by molar-refractivity contribution is 5.50. The van der Waals surface area contributed by atoms with Crippen molar-refractivity contribution >= 4 is 0 Å². The highest BCUT2D eigenvalue weighted by Gasteiger charge is 1.61. The Hall–Kier alpha value is -10.3. The minimum Gasteiger partial charge on any atom is -0.284 e. The van der Waals surface area contributed by atoms with Gasteiger partial charge in [-0.1, -0.05) is 5.92 Å². The Morgan fingerprint density at radius 1 is 0.167 bits per heavy atom. The van der Waals surface area contributed by atoms with Crippen molar-refractivity contribution in [1.82, 2.24) is 0 Å². The third-order valence-corrected chi connectivity index (χ3v) is 2.90. The van der Waals surface area contributed by atoms with E-state index in [0.29, 0.717) is 0 Å². The largest absolute Gasteiger partial charge is 0.284 e. The standard InChI is InChI=1S/C48H5/c1-3-5-7-9-11-13-15-17-19-21-23-25-27-29-31-33-35-37-39-41-43-45-47-48-46-44-42-40-38-36-34-32-30-28-26-24-22-20-18-16-14-12-10-8-6-4-2/h1H2,2H3/q-1. The fourth-order valence-corrected chi connectivity index (χ4v) is 1.42. The first-order chi connectivity index (χ1) is 23.9. The van der Waals surface area contributed by atoms with E-state index in [9.17, 15) is 0 Å². The molecule has 48 heavy (non-hydrogen) atoms. The van der Waals surface area contributed by atoms with Crippen LogP contribution in [0.4, 0.5) is 0 Å². The van der Waals surface area contributed by atoms with E-state index < -0.39 is 0 Å². The van der Waals surface area contributed by atoms with Crippen LogP contribution in [0, 0.1) is 279 Å². The molecule has 0 bridgehead atoms. The van der Waals surface area contributed by atoms with Gasteiger partial charge in [0.05, 0.1) is 0 Å². The summed E-state index contributed by atoms with van der Waals surface area (Å²) in [5.74, 6) is 115. The minimum absolute atomic E-state index is 1.69. The molecule has 0 aliphatic carbocycles. The zero-order valence-electron chi connectivity index (χ0n) is 24.7. The summed E-state index contributed by atoms with van der Waals surface area (Å²) in [6.07, 6.45) is 0. The maximum Gasteiger partial charge on any atom is 0 e. The average Bonchev–Trinajstić information content (AvgIpc) is 3.10. The number of rotatable bonds is 0. The van der Waals surface area contributed by atoms with Gasteiger partial charge in [-0.2, -0.15) is 6.92 Å². The van der Waals surface area contributed by atoms with Gasteiger partial charge in [0.25, 0.3) is 0 Å². The van der Waals surface area contributed by atoms with Crippen LogP contribution in [0.3, 0.4) is 0 Å². The summed E-state index contributed by atoms with van der Waals surface area (Å²) in [5.41, 5.74) is 0. The van der Waals surface area contributed by atoms with E-state index in [4.69, 9.17) is 0 Å². The van der Waals surface area contributed by atoms with Crippen LogP contribution in [-0.2, 0) is 0 Å². The predicted octanol–water partition coefficient (Wildman–Crippen LogP) is 0.919. The summed E-state index contributed by atoms with van der Waals surface area (Å²) in [6.45, 7) is 5.00. The molecule has 198 valence electrons. The lowest BCUT2D eigenvalue weighted by molar-refractivity contribution is 1.92. The topological polar surface area (TPSA) is 0 Å². The smallest absolute Gasteiger partial charge is 0 e. The average molecular weight is 582 g/mol. The highest BCUT2D eigenvalue weighted by atomic mass is 13.6. The lowest BCUT2D eigenvalue weighted by atomic mass is 10.4. The molecule has 0 radical (unpaired) electrons. The fourth-order valence-electron chi connectivity index (χ4n) is 1.42. The molecule has 0 amide bonds. The Morgan fingerprint density at radius 2 is 0.271 bits per heavy atom. The molecule has 0 rings (SSSR count). The zero-order chi connectivity index (χ0) is 34.5. The van der Waals surface area contributed by atoms with E-state index in [1.54, 1.807) is 6.92 Å². The molecule has 0 saturated heterocycles. The summed E-state index contributed by atoms with van der Waals surface area (Å²) in [5, 5.41) is 0. The van der Waals surface area contributed by atoms with Gasteiger partial charge in [-0.3, -0.25) is 5.92 Å². The van der Waals surface area contributed by atoms with E-state index in [1.165, 1.54) is 0 Å². The Bertz CT molecular complexity index is 2650. The first-order valence-electron chi connectivity index (χ1n) is 12.1. The van der Waals surface area contributed by atoms with Gasteiger partial charge in [-0.05, 0) is 102 Å². The molecule has 0 aromatic carbocycles. The third kappa shape index (κ3) is 35.8. The molecule has 0 spiro atoms. The molecule has 0 nitrogen and oxygen atoms in total. The maximum atomic E-state index is 3.31. The first kappa shape index (κ1) is 37.8. The van der Waals surface area contributed by atoms with Crippen LogP contribution >= 0.6 is 0 Å². The first-order valence-corrected chi connectivity index (χ1v) is 12.1. The molecule has 0 heterocycles. The van der Waals surface area contributed by atoms with Crippen molar-refractivity contribution in [1.29, 1.82) is 0 Å². The van der Waals surface area contributed by atoms with Gasteiger partial charge < -0.3 is 0 Å². The molecule has 0 fully saturated rings. The van der Waals surface area contributed by atoms with Crippen LogP contribution in [0.2, 0.25) is 0 Å². The van der Waals surface area contributed by atoms with Crippen LogP contribution in [0.25, 0.3) is 0 Å². The number of hydrogen-bond donors (Lipinski definition) is 0. The van der Waals surface area contributed by atoms with E-state index >= 15 is 0 Å². The van der Waals surface area contributed by atoms with E-state index in [0.717, 1.165) is 0 Å². The SMILES string of the molecule is [CH2-]C#CC#CC#CC#CC#CC#CC#CC#CC#CC#CC#CC#CC#CC#CC#CC#CC#CC#CC#CC#CC#CC#CC#CC. The monoisotopic (exact) mass is 581 g/mol. The summed E-state index contributed by atoms with van der Waals surface area (Å²) >= 11 is 0. The van der Waals surface area contributed by atoms with Crippen LogP contribution < -0.4 is 0 Å². The molecule has 0 aromatic rings. The molecule has 0 aliphatic rings. The summed E-state index contributed by atoms with van der Waals surface area (Å²) < 4.78 is 0. The van der Waals surface area contributed by atoms with Gasteiger partial charge in [0.1, 0.15) is 0 Å². The van der Waals surface area contributed by atoms with E-state index in [2.05, 4.69) is 279 Å². The van der Waals surface area contributed by atoms with Gasteiger partial charge >= 0.3 is 0 Å². The molecule has 0 atom stereocenters. The lowest BCUT2D eigenvalue weighted by Gasteiger charge is -1.64. The van der Waals surface area contributed by atoms with Gasteiger partial charge in [0, 0.05) is 154 Å². The lowest BCUT2D eigenvalue weighted by Crippen LogP contribution is -1.57. The molecule has 0 aromatic heterocycles. The normalized spacial score (nSPS) is 3.94. The summed E-state index contributed by atoms with van der Waals surface area (Å²) in [4.78, 5) is 0. The second-order valence-electron chi connectivity index (χ2n) is 5.93. The minimum atomic E-state index is 1.69. The fraction of sp³-hybridized carbons (Fsp3) is 0.0208. The predicted molar refractivity (Wildman–Crippen MR) is 190 cm³/mol. The van der Waals surface area contributed by atoms with Crippen molar-refractivity contribution in [3.63, 3.8) is 0 Å². The van der Waals surface area contributed by atoms with E-state index in [1.807, 2.05) is 0 Å². The van der Waals surface area contributed by atoms with Gasteiger partial charge in [-0.25, -0.2) is 5.92 Å². The highest BCUT2D eigenvalue weighted by Crippen LogP contribution is 1.62. The molecular formula is C48H5-. The molecule has 0 heteroatoms. The molecule has 0 N–H and O–H groups in total. The summed E-state index contributed by atoms with van der Waals surface area (Å²) in [7, 11) is 0. The Labute approximate surface area is 285 Å². The summed E-state index contributed by atoms with van der Waals surface area (Å²) in [6, 6.07) is 0. The molecule has 0 unspecified atom stereocenters. The van der Waals surface area contributed by atoms with Crippen LogP contribution in [0.1, 0.15) is 6.92 Å². The molecule has 0 saturated carbocycles. The van der Waals surface area contributed by atoms with Crippen molar-refractivity contribution in [2.24, 2.45) is 0 Å².